The third-order valence-electron chi connectivity index (χ3n) is 4.93. The molecule has 0 bridgehead atoms. The summed E-state index contributed by atoms with van der Waals surface area (Å²) in [6, 6.07) is 15.9. The maximum atomic E-state index is 12.4. The van der Waals surface area contributed by atoms with Gasteiger partial charge in [-0.15, -0.1) is 0 Å². The molecular formula is C22H27N2O3+. The quantitative estimate of drug-likeness (QED) is 0.790. The summed E-state index contributed by atoms with van der Waals surface area (Å²) in [5.74, 6) is 1.77. The SMILES string of the molecule is COc1ccc(/C=C/C(=O)N2CC[NH+](Cc3ccc(OC)cc3)CC2)cc1. The van der Waals surface area contributed by atoms with Gasteiger partial charge in [-0.25, -0.2) is 0 Å². The molecule has 0 aliphatic carbocycles. The molecule has 1 amide bonds. The van der Waals surface area contributed by atoms with Crippen molar-refractivity contribution in [2.24, 2.45) is 0 Å². The maximum absolute atomic E-state index is 12.4. The molecule has 142 valence electrons. The molecule has 2 aromatic rings. The first-order valence-corrected chi connectivity index (χ1v) is 9.25. The van der Waals surface area contributed by atoms with Crippen LogP contribution in [0, 0.1) is 0 Å². The van der Waals surface area contributed by atoms with Crippen molar-refractivity contribution < 1.29 is 19.2 Å². The summed E-state index contributed by atoms with van der Waals surface area (Å²) >= 11 is 0. The summed E-state index contributed by atoms with van der Waals surface area (Å²) in [7, 11) is 3.32. The number of hydrogen-bond acceptors (Lipinski definition) is 3. The number of nitrogens with one attached hydrogen (secondary N) is 1. The molecule has 0 saturated carbocycles. The van der Waals surface area contributed by atoms with Gasteiger partial charge >= 0.3 is 0 Å². The minimum Gasteiger partial charge on any atom is -0.497 e. The van der Waals surface area contributed by atoms with Gasteiger partial charge in [0.2, 0.25) is 5.91 Å². The molecule has 1 fully saturated rings. The number of methoxy groups -OCH3 is 2. The topological polar surface area (TPSA) is 43.2 Å². The minimum atomic E-state index is 0.0781. The molecule has 27 heavy (non-hydrogen) atoms. The van der Waals surface area contributed by atoms with E-state index in [1.807, 2.05) is 47.4 Å². The molecule has 1 saturated heterocycles. The largest absolute Gasteiger partial charge is 0.497 e. The van der Waals surface area contributed by atoms with Crippen molar-refractivity contribution >= 4 is 12.0 Å². The fraction of sp³-hybridized carbons (Fsp3) is 0.318. The fourth-order valence-electron chi connectivity index (χ4n) is 3.24. The van der Waals surface area contributed by atoms with Gasteiger partial charge in [-0.2, -0.15) is 0 Å². The third-order valence-corrected chi connectivity index (χ3v) is 4.93. The number of benzene rings is 2. The van der Waals surface area contributed by atoms with Gasteiger partial charge in [0, 0.05) is 11.6 Å². The summed E-state index contributed by atoms with van der Waals surface area (Å²) in [6.07, 6.45) is 3.52. The van der Waals surface area contributed by atoms with Crippen LogP contribution in [-0.4, -0.2) is 51.2 Å². The van der Waals surface area contributed by atoms with Gasteiger partial charge in [-0.3, -0.25) is 4.79 Å². The first kappa shape index (κ1) is 19.0. The van der Waals surface area contributed by atoms with Gasteiger partial charge in [0.1, 0.15) is 18.0 Å². The monoisotopic (exact) mass is 367 g/mol. The van der Waals surface area contributed by atoms with Gasteiger partial charge in [-0.1, -0.05) is 12.1 Å². The molecule has 3 rings (SSSR count). The highest BCUT2D eigenvalue weighted by molar-refractivity contribution is 5.91. The highest BCUT2D eigenvalue weighted by Gasteiger charge is 2.22. The van der Waals surface area contributed by atoms with Crippen LogP contribution in [0.15, 0.2) is 54.6 Å². The highest BCUT2D eigenvalue weighted by Crippen LogP contribution is 2.13. The lowest BCUT2D eigenvalue weighted by molar-refractivity contribution is -0.917. The molecular weight excluding hydrogens is 340 g/mol. The van der Waals surface area contributed by atoms with Crippen LogP contribution in [0.4, 0.5) is 0 Å². The van der Waals surface area contributed by atoms with E-state index in [9.17, 15) is 4.79 Å². The number of piperazine rings is 1. The van der Waals surface area contributed by atoms with Gasteiger partial charge in [-0.05, 0) is 48.0 Å². The van der Waals surface area contributed by atoms with E-state index >= 15 is 0 Å². The van der Waals surface area contributed by atoms with Crippen LogP contribution in [0.25, 0.3) is 6.08 Å². The Morgan fingerprint density at radius 3 is 2.07 bits per heavy atom. The molecule has 1 N–H and O–H groups in total. The molecule has 1 heterocycles. The Hall–Kier alpha value is -2.79. The summed E-state index contributed by atoms with van der Waals surface area (Å²) in [6.45, 7) is 4.49. The van der Waals surface area contributed by atoms with Crippen LogP contribution in [0.2, 0.25) is 0 Å². The Morgan fingerprint density at radius 1 is 0.963 bits per heavy atom. The van der Waals surface area contributed by atoms with Crippen molar-refractivity contribution in [3.05, 3.63) is 65.7 Å². The predicted octanol–water partition coefficient (Wildman–Crippen LogP) is 1.64. The Bertz CT molecular complexity index is 761. The van der Waals surface area contributed by atoms with E-state index in [0.29, 0.717) is 0 Å². The first-order valence-electron chi connectivity index (χ1n) is 9.25. The number of amides is 1. The summed E-state index contributed by atoms with van der Waals surface area (Å²) in [4.78, 5) is 15.9. The molecule has 1 aliphatic heterocycles. The second-order valence-corrected chi connectivity index (χ2v) is 6.71. The molecule has 0 unspecified atom stereocenters. The Kier molecular flexibility index (Phi) is 6.49. The van der Waals surface area contributed by atoms with E-state index in [-0.39, 0.29) is 5.91 Å². The van der Waals surface area contributed by atoms with Crippen molar-refractivity contribution in [2.75, 3.05) is 40.4 Å². The van der Waals surface area contributed by atoms with E-state index in [1.165, 1.54) is 10.5 Å². The number of carbonyl (C=O) groups is 1. The second kappa shape index (κ2) is 9.24. The maximum Gasteiger partial charge on any atom is 0.246 e. The lowest BCUT2D eigenvalue weighted by Crippen LogP contribution is -3.13. The van der Waals surface area contributed by atoms with Gasteiger partial charge < -0.3 is 19.3 Å². The molecule has 0 atom stereocenters. The predicted molar refractivity (Wildman–Crippen MR) is 106 cm³/mol. The van der Waals surface area contributed by atoms with Crippen LogP contribution in [0.1, 0.15) is 11.1 Å². The van der Waals surface area contributed by atoms with Crippen molar-refractivity contribution in [3.63, 3.8) is 0 Å². The summed E-state index contributed by atoms with van der Waals surface area (Å²) in [5, 5.41) is 0. The van der Waals surface area contributed by atoms with E-state index in [4.69, 9.17) is 9.47 Å². The highest BCUT2D eigenvalue weighted by atomic mass is 16.5. The fourth-order valence-corrected chi connectivity index (χ4v) is 3.24. The van der Waals surface area contributed by atoms with Crippen molar-refractivity contribution in [2.45, 2.75) is 6.54 Å². The smallest absolute Gasteiger partial charge is 0.246 e. The standard InChI is InChI=1S/C22H26N2O3/c1-26-20-8-3-18(4-9-20)7-12-22(25)24-15-13-23(14-16-24)17-19-5-10-21(27-2)11-6-19/h3-12H,13-17H2,1-2H3/p+1/b12-7+. The Morgan fingerprint density at radius 2 is 1.52 bits per heavy atom. The first-order chi connectivity index (χ1) is 13.2. The molecule has 0 radical (unpaired) electrons. The van der Waals surface area contributed by atoms with Crippen molar-refractivity contribution in [1.29, 1.82) is 0 Å². The molecule has 0 spiro atoms. The summed E-state index contributed by atoms with van der Waals surface area (Å²) in [5.41, 5.74) is 2.29. The average Bonchev–Trinajstić information content (AvgIpc) is 2.73. The van der Waals surface area contributed by atoms with E-state index in [1.54, 1.807) is 20.3 Å². The lowest BCUT2D eigenvalue weighted by Gasteiger charge is -2.31. The van der Waals surface area contributed by atoms with Crippen LogP contribution in [0.5, 0.6) is 11.5 Å². The van der Waals surface area contributed by atoms with Gasteiger partial charge in [0.15, 0.2) is 0 Å². The Labute approximate surface area is 160 Å². The average molecular weight is 367 g/mol. The zero-order valence-electron chi connectivity index (χ0n) is 16.0. The number of rotatable bonds is 6. The zero-order chi connectivity index (χ0) is 19.1. The van der Waals surface area contributed by atoms with E-state index in [0.717, 1.165) is 49.8 Å². The van der Waals surface area contributed by atoms with E-state index in [2.05, 4.69) is 12.1 Å². The number of quaternary nitrogens is 1. The van der Waals surface area contributed by atoms with Crippen LogP contribution < -0.4 is 14.4 Å². The Balaban J connectivity index is 1.47. The van der Waals surface area contributed by atoms with Gasteiger partial charge in [0.05, 0.1) is 40.4 Å². The number of hydrogen-bond donors (Lipinski definition) is 1. The summed E-state index contributed by atoms with van der Waals surface area (Å²) < 4.78 is 10.3. The second-order valence-electron chi connectivity index (χ2n) is 6.71. The lowest BCUT2D eigenvalue weighted by atomic mass is 10.2. The molecule has 2 aromatic carbocycles. The van der Waals surface area contributed by atoms with Crippen molar-refractivity contribution in [3.8, 4) is 11.5 Å². The molecule has 5 heteroatoms. The van der Waals surface area contributed by atoms with Crippen molar-refractivity contribution in [1.82, 2.24) is 4.90 Å². The zero-order valence-corrected chi connectivity index (χ0v) is 16.0. The number of carbonyl (C=O) groups excluding carboxylic acids is 1. The minimum absolute atomic E-state index is 0.0781. The van der Waals surface area contributed by atoms with Crippen LogP contribution in [0.3, 0.4) is 0 Å². The van der Waals surface area contributed by atoms with Gasteiger partial charge in [0.25, 0.3) is 0 Å². The molecule has 0 aromatic heterocycles. The van der Waals surface area contributed by atoms with Crippen LogP contribution >= 0.6 is 0 Å². The molecule has 5 nitrogen and oxygen atoms in total. The number of nitrogens with zero attached hydrogens (tertiary/aromatic N) is 1. The third kappa shape index (κ3) is 5.34. The van der Waals surface area contributed by atoms with Crippen LogP contribution in [-0.2, 0) is 11.3 Å². The van der Waals surface area contributed by atoms with E-state index < -0.39 is 0 Å². The molecule has 1 aliphatic rings. The normalized spacial score (nSPS) is 15.1. The number of ether oxygens (including phenoxy) is 2.